The summed E-state index contributed by atoms with van der Waals surface area (Å²) in [6.45, 7) is 6.45. The fourth-order valence-electron chi connectivity index (χ4n) is 3.63. The van der Waals surface area contributed by atoms with Crippen molar-refractivity contribution in [1.29, 1.82) is 0 Å². The molecular weight excluding hydrogens is 397 g/mol. The molecule has 0 aliphatic carbocycles. The second-order valence-electron chi connectivity index (χ2n) is 6.81. The molecule has 8 heteroatoms. The second kappa shape index (κ2) is 9.80. The van der Waals surface area contributed by atoms with Gasteiger partial charge in [0.15, 0.2) is 5.69 Å². The van der Waals surface area contributed by atoms with E-state index in [0.29, 0.717) is 6.54 Å². The molecule has 1 saturated heterocycles. The van der Waals surface area contributed by atoms with E-state index in [1.54, 1.807) is 4.90 Å². The number of para-hydroxylation sites is 1. The molecule has 0 N–H and O–H groups in total. The molecule has 0 bridgehead atoms. The van der Waals surface area contributed by atoms with Crippen molar-refractivity contribution in [2.45, 2.75) is 39.4 Å². The van der Waals surface area contributed by atoms with E-state index >= 15 is 0 Å². The molecule has 0 saturated carbocycles. The Morgan fingerprint density at radius 3 is 2.52 bits per heavy atom. The Morgan fingerprint density at radius 2 is 1.79 bits per heavy atom. The highest BCUT2D eigenvalue weighted by molar-refractivity contribution is 7.99. The summed E-state index contributed by atoms with van der Waals surface area (Å²) in [5, 5.41) is 0. The summed E-state index contributed by atoms with van der Waals surface area (Å²) in [6, 6.07) is 7.77. The van der Waals surface area contributed by atoms with Gasteiger partial charge in [-0.25, -0.2) is 9.97 Å². The molecule has 4 rings (SSSR count). The Kier molecular flexibility index (Phi) is 7.40. The normalized spacial score (nSPS) is 17.3. The summed E-state index contributed by atoms with van der Waals surface area (Å²) in [6.07, 6.45) is -1.34. The van der Waals surface area contributed by atoms with Crippen molar-refractivity contribution in [1.82, 2.24) is 14.9 Å². The third-order valence-corrected chi connectivity index (χ3v) is 5.91. The number of hydrogen-bond donors (Lipinski definition) is 0. The van der Waals surface area contributed by atoms with Crippen LogP contribution in [0.15, 0.2) is 30.5 Å². The molecule has 1 aromatic heterocycles. The molecule has 0 spiro atoms. The number of benzene rings is 1. The van der Waals surface area contributed by atoms with Crippen LogP contribution in [0, 0.1) is 0 Å². The van der Waals surface area contributed by atoms with Crippen LogP contribution in [0.4, 0.5) is 24.8 Å². The highest BCUT2D eigenvalue weighted by Crippen LogP contribution is 2.35. The third kappa shape index (κ3) is 5.22. The summed E-state index contributed by atoms with van der Waals surface area (Å²) in [4.78, 5) is 12.2. The van der Waals surface area contributed by atoms with Gasteiger partial charge < -0.3 is 4.90 Å². The van der Waals surface area contributed by atoms with Gasteiger partial charge in [-0.05, 0) is 24.5 Å². The lowest BCUT2D eigenvalue weighted by molar-refractivity contribution is -0.142. The summed E-state index contributed by atoms with van der Waals surface area (Å²) >= 11 is 1.83. The quantitative estimate of drug-likeness (QED) is 0.680. The van der Waals surface area contributed by atoms with Gasteiger partial charge >= 0.3 is 6.18 Å². The number of aryl methyl sites for hydroxylation is 1. The maximum absolute atomic E-state index is 13.7. The minimum atomic E-state index is -4.49. The van der Waals surface area contributed by atoms with Crippen LogP contribution in [0.3, 0.4) is 0 Å². The van der Waals surface area contributed by atoms with Crippen molar-refractivity contribution < 1.29 is 13.2 Å². The molecular formula is C21H27F3N4S. The Balaban J connectivity index is 0.00000117. The molecule has 2 aliphatic heterocycles. The van der Waals surface area contributed by atoms with E-state index in [-0.39, 0.29) is 18.1 Å². The van der Waals surface area contributed by atoms with Gasteiger partial charge in [-0.3, -0.25) is 4.90 Å². The molecule has 158 valence electrons. The molecule has 1 aromatic carbocycles. The average molecular weight is 425 g/mol. The summed E-state index contributed by atoms with van der Waals surface area (Å²) in [5.41, 5.74) is 1.37. The lowest BCUT2D eigenvalue weighted by Gasteiger charge is -2.30. The maximum atomic E-state index is 13.7. The second-order valence-corrected chi connectivity index (χ2v) is 8.04. The molecule has 2 aromatic rings. The van der Waals surface area contributed by atoms with Gasteiger partial charge in [0.2, 0.25) is 5.95 Å². The van der Waals surface area contributed by atoms with E-state index < -0.39 is 11.9 Å². The van der Waals surface area contributed by atoms with Gasteiger partial charge in [0.1, 0.15) is 0 Å². The first-order valence-electron chi connectivity index (χ1n) is 10.1. The maximum Gasteiger partial charge on any atom is 0.433 e. The Hall–Kier alpha value is -1.80. The van der Waals surface area contributed by atoms with E-state index in [4.69, 9.17) is 0 Å². The lowest BCUT2D eigenvalue weighted by atomic mass is 10.0. The van der Waals surface area contributed by atoms with E-state index in [2.05, 4.69) is 9.97 Å². The number of nitrogens with zero attached hydrogens (tertiary/aromatic N) is 4. The zero-order valence-electron chi connectivity index (χ0n) is 16.9. The van der Waals surface area contributed by atoms with Gasteiger partial charge in [0.25, 0.3) is 0 Å². The van der Waals surface area contributed by atoms with Gasteiger partial charge in [-0.1, -0.05) is 32.0 Å². The van der Waals surface area contributed by atoms with E-state index in [1.807, 2.05) is 54.8 Å². The fourth-order valence-corrected chi connectivity index (χ4v) is 4.61. The molecule has 3 heterocycles. The third-order valence-electron chi connectivity index (χ3n) is 4.97. The summed E-state index contributed by atoms with van der Waals surface area (Å²) in [7, 11) is 0. The van der Waals surface area contributed by atoms with Crippen LogP contribution in [0.2, 0.25) is 0 Å². The zero-order chi connectivity index (χ0) is 20.9. The van der Waals surface area contributed by atoms with E-state index in [0.717, 1.165) is 48.7 Å². The first kappa shape index (κ1) is 21.9. The van der Waals surface area contributed by atoms with Crippen LogP contribution in [0.1, 0.15) is 37.1 Å². The number of rotatable bonds is 3. The molecule has 0 unspecified atom stereocenters. The number of fused-ring (bicyclic) bond motifs is 1. The van der Waals surface area contributed by atoms with Crippen molar-refractivity contribution >= 4 is 23.4 Å². The number of thioether (sulfide) groups is 1. The number of aromatic nitrogens is 2. The average Bonchev–Trinajstić information content (AvgIpc) is 2.75. The Morgan fingerprint density at radius 1 is 1.07 bits per heavy atom. The number of anilines is 2. The van der Waals surface area contributed by atoms with Crippen molar-refractivity contribution in [2.75, 3.05) is 36.0 Å². The van der Waals surface area contributed by atoms with Gasteiger partial charge in [0, 0.05) is 55.1 Å². The predicted molar refractivity (Wildman–Crippen MR) is 113 cm³/mol. The van der Waals surface area contributed by atoms with Crippen LogP contribution in [0.5, 0.6) is 0 Å². The fraction of sp³-hybridized carbons (Fsp3) is 0.524. The topological polar surface area (TPSA) is 32.3 Å². The number of alkyl halides is 3. The minimum Gasteiger partial charge on any atom is -0.310 e. The van der Waals surface area contributed by atoms with Crippen LogP contribution in [-0.2, 0) is 19.1 Å². The molecule has 0 radical (unpaired) electrons. The Bertz CT molecular complexity index is 807. The molecule has 4 nitrogen and oxygen atoms in total. The highest BCUT2D eigenvalue weighted by atomic mass is 32.2. The minimum absolute atomic E-state index is 0.132. The van der Waals surface area contributed by atoms with Crippen LogP contribution in [-0.4, -0.2) is 46.0 Å². The largest absolute Gasteiger partial charge is 0.433 e. The SMILES string of the molecule is CC.FC(F)(F)c1nc(N2CCCc3ccccc32)ncc1CN1CCSCC1. The lowest BCUT2D eigenvalue weighted by Crippen LogP contribution is -2.33. The van der Waals surface area contributed by atoms with Crippen LogP contribution < -0.4 is 4.90 Å². The molecule has 1 fully saturated rings. The molecule has 0 atom stereocenters. The summed E-state index contributed by atoms with van der Waals surface area (Å²) in [5.74, 6) is 2.03. The number of hydrogen-bond acceptors (Lipinski definition) is 5. The van der Waals surface area contributed by atoms with Crippen molar-refractivity contribution in [3.63, 3.8) is 0 Å². The first-order chi connectivity index (χ1) is 14.0. The standard InChI is InChI=1S/C19H21F3N4S.C2H6/c20-19(21,22)17-15(13-25-8-10-27-11-9-25)12-23-18(24-17)26-7-3-5-14-4-1-2-6-16(14)26;1-2/h1-2,4,6,12H,3,5,7-11,13H2;1-2H3. The van der Waals surface area contributed by atoms with Crippen molar-refractivity contribution in [2.24, 2.45) is 0 Å². The number of halogens is 3. The van der Waals surface area contributed by atoms with Gasteiger partial charge in [0.05, 0.1) is 0 Å². The van der Waals surface area contributed by atoms with Gasteiger partial charge in [-0.2, -0.15) is 24.9 Å². The Labute approximate surface area is 174 Å². The first-order valence-corrected chi connectivity index (χ1v) is 11.3. The summed E-state index contributed by atoms with van der Waals surface area (Å²) < 4.78 is 41.1. The van der Waals surface area contributed by atoms with Crippen LogP contribution >= 0.6 is 11.8 Å². The predicted octanol–water partition coefficient (Wildman–Crippen LogP) is 5.15. The molecule has 2 aliphatic rings. The monoisotopic (exact) mass is 424 g/mol. The molecule has 29 heavy (non-hydrogen) atoms. The van der Waals surface area contributed by atoms with Crippen molar-refractivity contribution in [3.05, 3.63) is 47.3 Å². The van der Waals surface area contributed by atoms with Gasteiger partial charge in [-0.15, -0.1) is 0 Å². The van der Waals surface area contributed by atoms with E-state index in [9.17, 15) is 13.2 Å². The van der Waals surface area contributed by atoms with E-state index in [1.165, 1.54) is 6.20 Å². The van der Waals surface area contributed by atoms with Crippen molar-refractivity contribution in [3.8, 4) is 0 Å². The zero-order valence-corrected chi connectivity index (χ0v) is 17.7. The smallest absolute Gasteiger partial charge is 0.310 e. The van der Waals surface area contributed by atoms with Crippen LogP contribution in [0.25, 0.3) is 0 Å². The molecule has 0 amide bonds. The highest BCUT2D eigenvalue weighted by Gasteiger charge is 2.37.